The topological polar surface area (TPSA) is 55.4 Å². The van der Waals surface area contributed by atoms with Gasteiger partial charge in [0.25, 0.3) is 5.91 Å². The van der Waals surface area contributed by atoms with Crippen LogP contribution in [-0.2, 0) is 9.53 Å². The van der Waals surface area contributed by atoms with E-state index in [4.69, 9.17) is 11.6 Å². The van der Waals surface area contributed by atoms with Crippen molar-refractivity contribution in [2.75, 3.05) is 11.9 Å². The Hall–Kier alpha value is -2.47. The van der Waals surface area contributed by atoms with Gasteiger partial charge in [-0.25, -0.2) is 13.6 Å². The molecule has 0 spiro atoms. The molecule has 4 nitrogen and oxygen atoms in total. The van der Waals surface area contributed by atoms with Gasteiger partial charge in [0.2, 0.25) is 0 Å². The van der Waals surface area contributed by atoms with E-state index in [2.05, 4.69) is 10.1 Å². The van der Waals surface area contributed by atoms with E-state index in [0.717, 1.165) is 12.1 Å². The Morgan fingerprint density at radius 1 is 1.14 bits per heavy atom. The van der Waals surface area contributed by atoms with E-state index >= 15 is 0 Å². The molecule has 0 aromatic heterocycles. The van der Waals surface area contributed by atoms with Gasteiger partial charge in [0.15, 0.2) is 6.61 Å². The smallest absolute Gasteiger partial charge is 0.341 e. The van der Waals surface area contributed by atoms with Crippen LogP contribution in [0.5, 0.6) is 0 Å². The molecule has 0 radical (unpaired) electrons. The quantitative estimate of drug-likeness (QED) is 0.876. The number of rotatable bonds is 4. The lowest BCUT2D eigenvalue weighted by atomic mass is 10.2. The third-order valence-corrected chi connectivity index (χ3v) is 2.96. The van der Waals surface area contributed by atoms with Crippen molar-refractivity contribution in [1.82, 2.24) is 0 Å². The fraction of sp³-hybridized carbons (Fsp3) is 0.0667. The molecule has 2 aromatic rings. The minimum Gasteiger partial charge on any atom is -0.452 e. The number of carbonyl (C=O) groups is 2. The van der Waals surface area contributed by atoms with Gasteiger partial charge in [-0.05, 0) is 30.3 Å². The summed E-state index contributed by atoms with van der Waals surface area (Å²) in [5.74, 6) is -3.50. The van der Waals surface area contributed by atoms with Crippen molar-refractivity contribution < 1.29 is 23.1 Å². The maximum absolute atomic E-state index is 13.4. The molecule has 1 amide bonds. The van der Waals surface area contributed by atoms with Gasteiger partial charge >= 0.3 is 5.97 Å². The van der Waals surface area contributed by atoms with Crippen LogP contribution in [0.1, 0.15) is 10.4 Å². The Kier molecular flexibility index (Phi) is 5.06. The van der Waals surface area contributed by atoms with Crippen LogP contribution in [0, 0.1) is 11.6 Å². The molecule has 0 unspecified atom stereocenters. The van der Waals surface area contributed by atoms with Crippen molar-refractivity contribution in [3.8, 4) is 0 Å². The second-order valence-electron chi connectivity index (χ2n) is 4.23. The SMILES string of the molecule is O=C(COC(=O)c1cc(F)ccc1F)Nc1ccccc1Cl. The third-order valence-electron chi connectivity index (χ3n) is 2.63. The van der Waals surface area contributed by atoms with Crippen molar-refractivity contribution in [2.45, 2.75) is 0 Å². The maximum Gasteiger partial charge on any atom is 0.341 e. The summed E-state index contributed by atoms with van der Waals surface area (Å²) in [5, 5.41) is 2.75. The first kappa shape index (κ1) is 15.9. The predicted molar refractivity (Wildman–Crippen MR) is 76.7 cm³/mol. The van der Waals surface area contributed by atoms with Gasteiger partial charge < -0.3 is 10.1 Å². The van der Waals surface area contributed by atoms with Crippen LogP contribution in [0.4, 0.5) is 14.5 Å². The molecule has 1 N–H and O–H groups in total. The largest absolute Gasteiger partial charge is 0.452 e. The molecule has 7 heteroatoms. The zero-order valence-corrected chi connectivity index (χ0v) is 11.9. The van der Waals surface area contributed by atoms with Crippen LogP contribution < -0.4 is 5.32 Å². The van der Waals surface area contributed by atoms with Crippen molar-refractivity contribution in [3.63, 3.8) is 0 Å². The highest BCUT2D eigenvalue weighted by Gasteiger charge is 2.16. The molecule has 22 heavy (non-hydrogen) atoms. The Bertz CT molecular complexity index is 722. The number of esters is 1. The summed E-state index contributed by atoms with van der Waals surface area (Å²) >= 11 is 5.85. The van der Waals surface area contributed by atoms with Gasteiger partial charge in [0, 0.05) is 0 Å². The van der Waals surface area contributed by atoms with Gasteiger partial charge in [-0.15, -0.1) is 0 Å². The number of hydrogen-bond donors (Lipinski definition) is 1. The van der Waals surface area contributed by atoms with Gasteiger partial charge in [0.05, 0.1) is 16.3 Å². The summed E-state index contributed by atoms with van der Waals surface area (Å²) in [5.41, 5.74) is -0.229. The van der Waals surface area contributed by atoms with Crippen LogP contribution in [0.15, 0.2) is 42.5 Å². The number of hydrogen-bond acceptors (Lipinski definition) is 3. The molecule has 0 saturated carbocycles. The monoisotopic (exact) mass is 325 g/mol. The van der Waals surface area contributed by atoms with E-state index in [9.17, 15) is 18.4 Å². The second kappa shape index (κ2) is 7.00. The third kappa shape index (κ3) is 4.02. The van der Waals surface area contributed by atoms with Gasteiger partial charge in [-0.2, -0.15) is 0 Å². The second-order valence-corrected chi connectivity index (χ2v) is 4.64. The molecule has 0 atom stereocenters. The number of ether oxygens (including phenoxy) is 1. The normalized spacial score (nSPS) is 10.1. The summed E-state index contributed by atoms with van der Waals surface area (Å²) < 4.78 is 31.0. The lowest BCUT2D eigenvalue weighted by molar-refractivity contribution is -0.119. The van der Waals surface area contributed by atoms with Crippen LogP contribution in [0.25, 0.3) is 0 Å². The van der Waals surface area contributed by atoms with E-state index in [0.29, 0.717) is 16.8 Å². The van der Waals surface area contributed by atoms with E-state index in [-0.39, 0.29) is 0 Å². The molecule has 2 aromatic carbocycles. The van der Waals surface area contributed by atoms with E-state index in [1.54, 1.807) is 24.3 Å². The number of nitrogens with one attached hydrogen (secondary N) is 1. The highest BCUT2D eigenvalue weighted by atomic mass is 35.5. The molecular weight excluding hydrogens is 316 g/mol. The minimum absolute atomic E-state index is 0.318. The van der Waals surface area contributed by atoms with Crippen LogP contribution in [0.3, 0.4) is 0 Å². The summed E-state index contributed by atoms with van der Waals surface area (Å²) in [6, 6.07) is 8.86. The Labute approximate surface area is 129 Å². The summed E-state index contributed by atoms with van der Waals surface area (Å²) in [4.78, 5) is 23.2. The van der Waals surface area contributed by atoms with Crippen LogP contribution in [-0.4, -0.2) is 18.5 Å². The molecule has 0 aliphatic carbocycles. The molecule has 0 aliphatic heterocycles. The average molecular weight is 326 g/mol. The van der Waals surface area contributed by atoms with E-state index < -0.39 is 35.7 Å². The molecule has 0 heterocycles. The molecule has 0 aliphatic rings. The van der Waals surface area contributed by atoms with Gasteiger partial charge in [-0.3, -0.25) is 4.79 Å². The molecule has 0 saturated heterocycles. The summed E-state index contributed by atoms with van der Waals surface area (Å²) in [6.07, 6.45) is 0. The molecule has 0 bridgehead atoms. The highest BCUT2D eigenvalue weighted by molar-refractivity contribution is 6.33. The van der Waals surface area contributed by atoms with Crippen LogP contribution in [0.2, 0.25) is 5.02 Å². The standard InChI is InChI=1S/C15H10ClF2NO3/c16-11-3-1-2-4-13(11)19-14(20)8-22-15(21)10-7-9(17)5-6-12(10)18/h1-7H,8H2,(H,19,20). The van der Waals surface area contributed by atoms with Gasteiger partial charge in [0.1, 0.15) is 11.6 Å². The Balaban J connectivity index is 1.95. The highest BCUT2D eigenvalue weighted by Crippen LogP contribution is 2.20. The number of anilines is 1. The number of para-hydroxylation sites is 1. The molecular formula is C15H10ClF2NO3. The molecule has 2 rings (SSSR count). The number of carbonyl (C=O) groups excluding carboxylic acids is 2. The van der Waals surface area contributed by atoms with Crippen LogP contribution >= 0.6 is 11.6 Å². The summed E-state index contributed by atoms with van der Waals surface area (Å²) in [7, 11) is 0. The van der Waals surface area contributed by atoms with Crippen molar-refractivity contribution in [3.05, 3.63) is 64.7 Å². The number of halogens is 3. The first-order valence-corrected chi connectivity index (χ1v) is 6.51. The first-order valence-electron chi connectivity index (χ1n) is 6.14. The van der Waals surface area contributed by atoms with E-state index in [1.165, 1.54) is 0 Å². The zero-order chi connectivity index (χ0) is 16.1. The summed E-state index contributed by atoms with van der Waals surface area (Å²) in [6.45, 7) is -0.653. The van der Waals surface area contributed by atoms with Gasteiger partial charge in [-0.1, -0.05) is 23.7 Å². The average Bonchev–Trinajstić information content (AvgIpc) is 2.49. The number of amides is 1. The zero-order valence-electron chi connectivity index (χ0n) is 11.1. The maximum atomic E-state index is 13.4. The lowest BCUT2D eigenvalue weighted by Crippen LogP contribution is -2.21. The van der Waals surface area contributed by atoms with Crippen molar-refractivity contribution in [2.24, 2.45) is 0 Å². The first-order chi connectivity index (χ1) is 10.5. The van der Waals surface area contributed by atoms with Crippen molar-refractivity contribution >= 4 is 29.2 Å². The molecule has 114 valence electrons. The fourth-order valence-electron chi connectivity index (χ4n) is 1.61. The fourth-order valence-corrected chi connectivity index (χ4v) is 1.79. The Morgan fingerprint density at radius 3 is 2.59 bits per heavy atom. The van der Waals surface area contributed by atoms with Crippen molar-refractivity contribution in [1.29, 1.82) is 0 Å². The predicted octanol–water partition coefficient (Wildman–Crippen LogP) is 3.41. The molecule has 0 fully saturated rings. The van der Waals surface area contributed by atoms with E-state index in [1.807, 2.05) is 0 Å². The number of benzene rings is 2. The Morgan fingerprint density at radius 2 is 1.86 bits per heavy atom. The lowest BCUT2D eigenvalue weighted by Gasteiger charge is -2.08. The minimum atomic E-state index is -1.13.